The van der Waals surface area contributed by atoms with Crippen molar-refractivity contribution in [2.45, 2.75) is 12.5 Å². The highest BCUT2D eigenvalue weighted by molar-refractivity contribution is 6.07. The molecular formula is C24H25ClN4O3. The predicted octanol–water partition coefficient (Wildman–Crippen LogP) is 2.87. The van der Waals surface area contributed by atoms with Gasteiger partial charge in [0, 0.05) is 44.9 Å². The van der Waals surface area contributed by atoms with Crippen molar-refractivity contribution in [3.8, 4) is 0 Å². The fraction of sp³-hybridized carbons (Fsp3) is 0.292. The van der Waals surface area contributed by atoms with E-state index in [1.807, 2.05) is 30.3 Å². The highest BCUT2D eigenvalue weighted by Crippen LogP contribution is 2.23. The topological polar surface area (TPSA) is 75.9 Å². The Morgan fingerprint density at radius 3 is 2.81 bits per heavy atom. The van der Waals surface area contributed by atoms with Crippen molar-refractivity contribution < 1.29 is 9.53 Å². The van der Waals surface area contributed by atoms with E-state index in [0.717, 1.165) is 36.8 Å². The standard InChI is InChI=1S/C24H24N4O3.ClH/c1-31-17-10-13-27(15-17)14-11-25-23(29)20-7-4-12-28-22(20)26-21-18-6-3-2-5-16(18)8-9-19(21)24(28)30;/h2-9,12,17H,10-11,13-15H2,1H3,(H,25,29);1H/t17-;/m0./s1. The third-order valence-electron chi connectivity index (χ3n) is 6.06. The maximum atomic E-state index is 13.1. The minimum Gasteiger partial charge on any atom is -0.380 e. The third kappa shape index (κ3) is 3.95. The Bertz CT molecular complexity index is 1350. The molecule has 1 amide bonds. The van der Waals surface area contributed by atoms with Gasteiger partial charge in [0.05, 0.1) is 22.6 Å². The second-order valence-corrected chi connectivity index (χ2v) is 7.92. The van der Waals surface area contributed by atoms with Crippen molar-refractivity contribution in [2.75, 3.05) is 33.3 Å². The maximum absolute atomic E-state index is 13.1. The fourth-order valence-electron chi connectivity index (χ4n) is 4.35. The van der Waals surface area contributed by atoms with E-state index in [2.05, 4.69) is 10.2 Å². The molecule has 2 aromatic carbocycles. The monoisotopic (exact) mass is 452 g/mol. The Balaban J connectivity index is 0.00000245. The van der Waals surface area contributed by atoms with Crippen LogP contribution < -0.4 is 10.9 Å². The molecule has 0 saturated carbocycles. The van der Waals surface area contributed by atoms with E-state index in [1.165, 1.54) is 4.40 Å². The van der Waals surface area contributed by atoms with Crippen molar-refractivity contribution >= 4 is 45.6 Å². The number of carbonyl (C=O) groups is 1. The van der Waals surface area contributed by atoms with Crippen LogP contribution in [0, 0.1) is 0 Å². The van der Waals surface area contributed by atoms with Crippen molar-refractivity contribution in [3.63, 3.8) is 0 Å². The van der Waals surface area contributed by atoms with Crippen LogP contribution in [0.15, 0.2) is 59.5 Å². The van der Waals surface area contributed by atoms with Crippen LogP contribution >= 0.6 is 12.4 Å². The first-order chi connectivity index (χ1) is 15.2. The molecular weight excluding hydrogens is 428 g/mol. The molecule has 1 N–H and O–H groups in total. The number of halogens is 1. The summed E-state index contributed by atoms with van der Waals surface area (Å²) in [5, 5.41) is 5.42. The largest absolute Gasteiger partial charge is 0.380 e. The lowest BCUT2D eigenvalue weighted by atomic mass is 10.1. The molecule has 0 aliphatic carbocycles. The molecule has 1 fully saturated rings. The lowest BCUT2D eigenvalue weighted by Gasteiger charge is -2.16. The SMILES string of the molecule is CO[C@H]1CCN(CCNC(=O)c2cccn3c(=O)c4ccc5ccccc5c4nc23)C1.Cl. The van der Waals surface area contributed by atoms with Crippen LogP contribution in [-0.4, -0.2) is 59.6 Å². The van der Waals surface area contributed by atoms with E-state index in [9.17, 15) is 9.59 Å². The van der Waals surface area contributed by atoms with Crippen LogP contribution in [0.4, 0.5) is 0 Å². The van der Waals surface area contributed by atoms with Gasteiger partial charge in [-0.3, -0.25) is 18.9 Å². The molecule has 0 spiro atoms. The number of rotatable bonds is 5. The third-order valence-corrected chi connectivity index (χ3v) is 6.06. The Morgan fingerprint density at radius 2 is 2.00 bits per heavy atom. The van der Waals surface area contributed by atoms with Crippen LogP contribution in [0.2, 0.25) is 0 Å². The average Bonchev–Trinajstić information content (AvgIpc) is 3.27. The first-order valence-electron chi connectivity index (χ1n) is 10.5. The number of likely N-dealkylation sites (tertiary alicyclic amines) is 1. The molecule has 8 heteroatoms. The highest BCUT2D eigenvalue weighted by Gasteiger charge is 2.22. The number of hydrogen-bond donors (Lipinski definition) is 1. The van der Waals surface area contributed by atoms with Crippen LogP contribution in [0.3, 0.4) is 0 Å². The number of carbonyl (C=O) groups excluding carboxylic acids is 1. The second kappa shape index (κ2) is 9.24. The van der Waals surface area contributed by atoms with Gasteiger partial charge in [-0.2, -0.15) is 0 Å². The van der Waals surface area contributed by atoms with Gasteiger partial charge in [0.2, 0.25) is 0 Å². The number of pyridine rings is 1. The Labute approximate surface area is 191 Å². The lowest BCUT2D eigenvalue weighted by Crippen LogP contribution is -2.34. The van der Waals surface area contributed by atoms with E-state index in [1.54, 1.807) is 31.5 Å². The number of methoxy groups -OCH3 is 1. The van der Waals surface area contributed by atoms with Crippen LogP contribution in [-0.2, 0) is 4.74 Å². The van der Waals surface area contributed by atoms with Gasteiger partial charge in [-0.05, 0) is 30.0 Å². The summed E-state index contributed by atoms with van der Waals surface area (Å²) in [4.78, 5) is 33.1. The summed E-state index contributed by atoms with van der Waals surface area (Å²) >= 11 is 0. The van der Waals surface area contributed by atoms with E-state index in [0.29, 0.717) is 28.7 Å². The number of aromatic nitrogens is 2. The summed E-state index contributed by atoms with van der Waals surface area (Å²) in [6.45, 7) is 3.14. The maximum Gasteiger partial charge on any atom is 0.265 e. The fourth-order valence-corrected chi connectivity index (χ4v) is 4.35. The number of fused-ring (bicyclic) bond motifs is 4. The Hall–Kier alpha value is -3.00. The molecule has 1 saturated heterocycles. The molecule has 166 valence electrons. The Morgan fingerprint density at radius 1 is 1.16 bits per heavy atom. The number of nitrogens with one attached hydrogen (secondary N) is 1. The van der Waals surface area contributed by atoms with Crippen molar-refractivity contribution in [2.24, 2.45) is 0 Å². The molecule has 0 unspecified atom stereocenters. The quantitative estimate of drug-likeness (QED) is 0.372. The van der Waals surface area contributed by atoms with Crippen molar-refractivity contribution in [3.05, 3.63) is 70.6 Å². The molecule has 1 aliphatic rings. The first kappa shape index (κ1) is 22.2. The summed E-state index contributed by atoms with van der Waals surface area (Å²) in [5.41, 5.74) is 1.20. The molecule has 2 aromatic heterocycles. The zero-order chi connectivity index (χ0) is 21.4. The number of benzene rings is 2. The minimum atomic E-state index is -0.230. The molecule has 32 heavy (non-hydrogen) atoms. The van der Waals surface area contributed by atoms with Gasteiger partial charge in [-0.25, -0.2) is 4.98 Å². The summed E-state index contributed by atoms with van der Waals surface area (Å²) in [6, 6.07) is 15.0. The molecule has 4 aromatic rings. The van der Waals surface area contributed by atoms with Gasteiger partial charge in [0.1, 0.15) is 0 Å². The molecule has 3 heterocycles. The van der Waals surface area contributed by atoms with Gasteiger partial charge in [-0.1, -0.05) is 30.3 Å². The van der Waals surface area contributed by atoms with Crippen molar-refractivity contribution in [1.29, 1.82) is 0 Å². The van der Waals surface area contributed by atoms with Gasteiger partial charge >= 0.3 is 0 Å². The normalized spacial score (nSPS) is 16.5. The van der Waals surface area contributed by atoms with Gasteiger partial charge in [-0.15, -0.1) is 12.4 Å². The molecule has 0 bridgehead atoms. The summed E-state index contributed by atoms with van der Waals surface area (Å²) in [5.74, 6) is -0.230. The summed E-state index contributed by atoms with van der Waals surface area (Å²) in [7, 11) is 1.73. The molecule has 1 aliphatic heterocycles. The van der Waals surface area contributed by atoms with Gasteiger partial charge in [0.25, 0.3) is 11.5 Å². The van der Waals surface area contributed by atoms with Crippen LogP contribution in [0.25, 0.3) is 27.3 Å². The second-order valence-electron chi connectivity index (χ2n) is 7.92. The Kier molecular flexibility index (Phi) is 6.41. The number of hydrogen-bond acceptors (Lipinski definition) is 5. The smallest absolute Gasteiger partial charge is 0.265 e. The van der Waals surface area contributed by atoms with E-state index in [4.69, 9.17) is 9.72 Å². The summed E-state index contributed by atoms with van der Waals surface area (Å²) in [6.07, 6.45) is 2.94. The van der Waals surface area contributed by atoms with E-state index in [-0.39, 0.29) is 30.0 Å². The lowest BCUT2D eigenvalue weighted by molar-refractivity contribution is 0.0945. The number of amides is 1. The highest BCUT2D eigenvalue weighted by atomic mass is 35.5. The predicted molar refractivity (Wildman–Crippen MR) is 128 cm³/mol. The van der Waals surface area contributed by atoms with Gasteiger partial charge in [0.15, 0.2) is 5.65 Å². The number of nitrogens with zero attached hydrogens (tertiary/aromatic N) is 3. The van der Waals surface area contributed by atoms with Gasteiger partial charge < -0.3 is 10.1 Å². The first-order valence-corrected chi connectivity index (χ1v) is 10.5. The zero-order valence-corrected chi connectivity index (χ0v) is 18.6. The minimum absolute atomic E-state index is 0. The zero-order valence-electron chi connectivity index (χ0n) is 17.8. The van der Waals surface area contributed by atoms with Crippen molar-refractivity contribution in [1.82, 2.24) is 19.6 Å². The summed E-state index contributed by atoms with van der Waals surface area (Å²) < 4.78 is 6.85. The molecule has 5 rings (SSSR count). The molecule has 0 radical (unpaired) electrons. The van der Waals surface area contributed by atoms with E-state index >= 15 is 0 Å². The van der Waals surface area contributed by atoms with E-state index < -0.39 is 0 Å². The van der Waals surface area contributed by atoms with Crippen LogP contribution in [0.1, 0.15) is 16.8 Å². The molecule has 1 atom stereocenters. The average molecular weight is 453 g/mol. The number of ether oxygens (including phenoxy) is 1. The molecule has 7 nitrogen and oxygen atoms in total. The van der Waals surface area contributed by atoms with Crippen LogP contribution in [0.5, 0.6) is 0 Å².